The van der Waals surface area contributed by atoms with Crippen molar-refractivity contribution in [1.29, 1.82) is 0 Å². The fraction of sp³-hybridized carbons (Fsp3) is 0.121. The molecule has 6 aromatic heterocycles. The molecule has 0 aliphatic rings. The lowest BCUT2D eigenvalue weighted by Crippen LogP contribution is -2.14. The van der Waals surface area contributed by atoms with Crippen molar-refractivity contribution in [1.82, 2.24) is 17.9 Å². The van der Waals surface area contributed by atoms with Gasteiger partial charge in [-0.2, -0.15) is 0 Å². The fourth-order valence-electron chi connectivity index (χ4n) is 12.7. The zero-order valence-electron chi connectivity index (χ0n) is 40.3. The largest absolute Gasteiger partial charge is 0.312 e. The van der Waals surface area contributed by atoms with Crippen LogP contribution in [0.4, 0.5) is 0 Å². The van der Waals surface area contributed by atoms with Crippen molar-refractivity contribution in [2.45, 2.75) is 52.4 Å². The van der Waals surface area contributed by atoms with Crippen molar-refractivity contribution >= 4 is 98.0 Å². The number of nitrogens with zero attached hydrogens (tertiary/aromatic N) is 4. The summed E-state index contributed by atoms with van der Waals surface area (Å²) < 4.78 is 10.3. The number of aromatic nitrogens is 4. The molecule has 0 aliphatic heterocycles. The van der Waals surface area contributed by atoms with E-state index in [1.165, 1.54) is 143 Å². The number of para-hydroxylation sites is 4. The Hall–Kier alpha value is -8.34. The van der Waals surface area contributed by atoms with Gasteiger partial charge in [0.15, 0.2) is 0 Å². The summed E-state index contributed by atoms with van der Waals surface area (Å²) in [5, 5.41) is 12.9. The summed E-state index contributed by atoms with van der Waals surface area (Å²) in [6.07, 6.45) is 0. The van der Waals surface area contributed by atoms with E-state index in [1.54, 1.807) is 0 Å². The molecule has 0 amide bonds. The van der Waals surface area contributed by atoms with Crippen LogP contribution in [0.15, 0.2) is 194 Å². The molecule has 0 atom stereocenters. The van der Waals surface area contributed by atoms with E-state index in [-0.39, 0.29) is 10.8 Å². The smallest absolute Gasteiger partial charge is 0.0618 e. The average molecular weight is 899 g/mol. The van der Waals surface area contributed by atoms with Crippen molar-refractivity contribution in [2.24, 2.45) is 0 Å². The lowest BCUT2D eigenvalue weighted by molar-refractivity contribution is 0.567. The van der Waals surface area contributed by atoms with Gasteiger partial charge in [0.1, 0.15) is 0 Å². The van der Waals surface area contributed by atoms with Gasteiger partial charge in [0.05, 0.1) is 55.5 Å². The Kier molecular flexibility index (Phi) is 7.74. The van der Waals surface area contributed by atoms with Crippen LogP contribution in [0.5, 0.6) is 0 Å². The van der Waals surface area contributed by atoms with E-state index < -0.39 is 0 Å². The highest BCUT2D eigenvalue weighted by Gasteiger charge is 2.32. The van der Waals surface area contributed by atoms with Crippen LogP contribution in [-0.4, -0.2) is 17.9 Å². The molecule has 334 valence electrons. The minimum atomic E-state index is -0.122. The Labute approximate surface area is 405 Å². The van der Waals surface area contributed by atoms with Crippen LogP contribution in [0.1, 0.15) is 52.9 Å². The maximum absolute atomic E-state index is 2.63. The van der Waals surface area contributed by atoms with Gasteiger partial charge >= 0.3 is 0 Å². The zero-order valence-corrected chi connectivity index (χ0v) is 40.3. The van der Waals surface area contributed by atoms with Gasteiger partial charge in [0.25, 0.3) is 0 Å². The summed E-state index contributed by atoms with van der Waals surface area (Å²) in [4.78, 5) is 0. The van der Waals surface area contributed by atoms with Crippen LogP contribution in [0.3, 0.4) is 0 Å². The Morgan fingerprint density at radius 3 is 1.11 bits per heavy atom. The molecule has 4 nitrogen and oxygen atoms in total. The van der Waals surface area contributed by atoms with Crippen molar-refractivity contribution < 1.29 is 0 Å². The molecule has 70 heavy (non-hydrogen) atoms. The summed E-state index contributed by atoms with van der Waals surface area (Å²) >= 11 is 0. The van der Waals surface area contributed by atoms with Gasteiger partial charge in [-0.05, 0) is 71.8 Å². The Morgan fingerprint density at radius 2 is 0.686 bits per heavy atom. The molecule has 0 radical (unpaired) electrons. The number of benzene rings is 9. The van der Waals surface area contributed by atoms with Gasteiger partial charge in [-0.25, -0.2) is 0 Å². The molecule has 15 aromatic rings. The van der Waals surface area contributed by atoms with E-state index in [2.05, 4.69) is 254 Å². The molecule has 0 saturated heterocycles. The van der Waals surface area contributed by atoms with Crippen LogP contribution in [0.2, 0.25) is 0 Å². The standard InChI is InChI=1S/C66H50N4/c1-65(2,3)57-35-41-33-55-59(45-27-15-19-31-51(45)67(55)49-29-17-13-25-43(49)39-21-9-7-10-22-39)61-47-37-48-54(38-53(47)69(57)63(41)61)70-58(66(4,5)6)36-42-34-56-60(62(48)64(42)70)46-28-16-20-32-52(46)68(56)50-30-18-14-26-44(50)40-23-11-8-12-24-40/h7-38H,1-6H3. The third-order valence-corrected chi connectivity index (χ3v) is 15.6. The van der Waals surface area contributed by atoms with E-state index in [4.69, 9.17) is 0 Å². The predicted molar refractivity (Wildman–Crippen MR) is 298 cm³/mol. The maximum atomic E-state index is 2.63. The third kappa shape index (κ3) is 5.15. The van der Waals surface area contributed by atoms with Crippen molar-refractivity contribution in [3.05, 3.63) is 206 Å². The number of hydrogen-bond acceptors (Lipinski definition) is 0. The molecular weight excluding hydrogens is 849 g/mol. The number of hydrogen-bond donors (Lipinski definition) is 0. The normalized spacial score (nSPS) is 13.0. The lowest BCUT2D eigenvalue weighted by Gasteiger charge is -2.19. The first-order valence-corrected chi connectivity index (χ1v) is 24.8. The fourth-order valence-corrected chi connectivity index (χ4v) is 12.7. The molecule has 0 fully saturated rings. The molecular formula is C66H50N4. The second kappa shape index (κ2) is 13.7. The Bertz CT molecular complexity index is 4340. The summed E-state index contributed by atoms with van der Waals surface area (Å²) in [6, 6.07) is 72.8. The highest BCUT2D eigenvalue weighted by atomic mass is 15.0. The van der Waals surface area contributed by atoms with E-state index in [9.17, 15) is 0 Å². The molecule has 0 spiro atoms. The average Bonchev–Trinajstić information content (AvgIpc) is 4.22. The molecule has 0 bridgehead atoms. The third-order valence-electron chi connectivity index (χ3n) is 15.6. The van der Waals surface area contributed by atoms with E-state index in [0.29, 0.717) is 0 Å². The molecule has 0 saturated carbocycles. The number of fused-ring (bicyclic) bond motifs is 14. The maximum Gasteiger partial charge on any atom is 0.0618 e. The van der Waals surface area contributed by atoms with Crippen molar-refractivity contribution in [2.75, 3.05) is 0 Å². The van der Waals surface area contributed by atoms with Crippen LogP contribution in [0.25, 0.3) is 132 Å². The van der Waals surface area contributed by atoms with Crippen LogP contribution in [0, 0.1) is 0 Å². The molecule has 4 heteroatoms. The van der Waals surface area contributed by atoms with Crippen molar-refractivity contribution in [3.8, 4) is 33.6 Å². The van der Waals surface area contributed by atoms with E-state index in [1.807, 2.05) is 0 Å². The van der Waals surface area contributed by atoms with Crippen molar-refractivity contribution in [3.63, 3.8) is 0 Å². The minimum absolute atomic E-state index is 0.122. The first-order valence-electron chi connectivity index (χ1n) is 24.8. The van der Waals surface area contributed by atoms with E-state index in [0.717, 1.165) is 0 Å². The first kappa shape index (κ1) is 39.6. The molecule has 9 aromatic carbocycles. The molecule has 0 aliphatic carbocycles. The molecule has 0 N–H and O–H groups in total. The van der Waals surface area contributed by atoms with E-state index >= 15 is 0 Å². The van der Waals surface area contributed by atoms with Gasteiger partial charge in [-0.15, -0.1) is 0 Å². The number of rotatable bonds is 4. The van der Waals surface area contributed by atoms with Gasteiger partial charge in [-0.3, -0.25) is 0 Å². The summed E-state index contributed by atoms with van der Waals surface area (Å²) in [5.74, 6) is 0. The van der Waals surface area contributed by atoms with Gasteiger partial charge in [0, 0.05) is 87.2 Å². The van der Waals surface area contributed by atoms with Crippen LogP contribution >= 0.6 is 0 Å². The quantitative estimate of drug-likeness (QED) is 0.168. The van der Waals surface area contributed by atoms with Gasteiger partial charge < -0.3 is 17.9 Å². The predicted octanol–water partition coefficient (Wildman–Crippen LogP) is 17.8. The molecule has 0 unspecified atom stereocenters. The Morgan fingerprint density at radius 1 is 0.300 bits per heavy atom. The zero-order chi connectivity index (χ0) is 46.9. The second-order valence-corrected chi connectivity index (χ2v) is 21.8. The monoisotopic (exact) mass is 898 g/mol. The van der Waals surface area contributed by atoms with Gasteiger partial charge in [-0.1, -0.05) is 175 Å². The highest BCUT2D eigenvalue weighted by Crippen LogP contribution is 2.51. The SMILES string of the molecule is CC(C)(C)c1cc2cc3c(c4ccccc4n3-c3ccccc3-c3ccccc3)c3c4cc5c6c7c8ccccc8n(-c8ccccc8-c8ccccc8)c7cc7cc(C(C)(C)C)n(c5cc4n1c23)c76. The summed E-state index contributed by atoms with van der Waals surface area (Å²) in [5.41, 5.74) is 19.6. The summed E-state index contributed by atoms with van der Waals surface area (Å²) in [7, 11) is 0. The second-order valence-electron chi connectivity index (χ2n) is 21.8. The van der Waals surface area contributed by atoms with Crippen LogP contribution < -0.4 is 0 Å². The lowest BCUT2D eigenvalue weighted by atomic mass is 9.91. The van der Waals surface area contributed by atoms with Gasteiger partial charge in [0.2, 0.25) is 0 Å². The highest BCUT2D eigenvalue weighted by molar-refractivity contribution is 6.37. The first-order chi connectivity index (χ1) is 34.0. The molecule has 6 heterocycles. The Balaban J connectivity index is 1.15. The van der Waals surface area contributed by atoms with Crippen LogP contribution in [-0.2, 0) is 10.8 Å². The molecule has 15 rings (SSSR count). The topological polar surface area (TPSA) is 18.7 Å². The minimum Gasteiger partial charge on any atom is -0.312 e. The summed E-state index contributed by atoms with van der Waals surface area (Å²) in [6.45, 7) is 14.2.